The van der Waals surface area contributed by atoms with E-state index < -0.39 is 0 Å². The van der Waals surface area contributed by atoms with Crippen LogP contribution in [0.1, 0.15) is 10.4 Å². The molecule has 0 bridgehead atoms. The number of hydrogen-bond acceptors (Lipinski definition) is 1. The van der Waals surface area contributed by atoms with Gasteiger partial charge in [-0.3, -0.25) is 4.79 Å². The van der Waals surface area contributed by atoms with Crippen LogP contribution in [0.2, 0.25) is 10.0 Å². The van der Waals surface area contributed by atoms with Crippen molar-refractivity contribution in [2.24, 2.45) is 0 Å². The molecule has 0 atom stereocenters. The Kier molecular flexibility index (Phi) is 2.95. The third-order valence-electron chi connectivity index (χ3n) is 1.33. The molecule has 0 unspecified atom stereocenters. The molecule has 0 spiro atoms. The van der Waals surface area contributed by atoms with Gasteiger partial charge < -0.3 is 5.32 Å². The zero-order valence-corrected chi connectivity index (χ0v) is 7.83. The lowest BCUT2D eigenvalue weighted by Gasteiger charge is -1.99. The van der Waals surface area contributed by atoms with Gasteiger partial charge in [0.05, 0.1) is 10.0 Å². The van der Waals surface area contributed by atoms with Crippen molar-refractivity contribution in [2.75, 3.05) is 7.05 Å². The maximum atomic E-state index is 11.0. The van der Waals surface area contributed by atoms with Gasteiger partial charge >= 0.3 is 0 Å². The van der Waals surface area contributed by atoms with E-state index in [0.29, 0.717) is 15.6 Å². The van der Waals surface area contributed by atoms with Crippen LogP contribution in [-0.2, 0) is 0 Å². The lowest BCUT2D eigenvalue weighted by molar-refractivity contribution is 0.0963. The molecule has 0 heterocycles. The predicted molar refractivity (Wildman–Crippen MR) is 48.7 cm³/mol. The van der Waals surface area contributed by atoms with Crippen LogP contribution in [0.15, 0.2) is 12.1 Å². The van der Waals surface area contributed by atoms with E-state index in [1.165, 1.54) is 12.1 Å². The van der Waals surface area contributed by atoms with E-state index in [1.807, 2.05) is 0 Å². The summed E-state index contributed by atoms with van der Waals surface area (Å²) in [5, 5.41) is 3.20. The smallest absolute Gasteiger partial charge is 0.251 e. The molecular formula is C8H6Cl2NO. The molecule has 0 aliphatic rings. The first-order valence-corrected chi connectivity index (χ1v) is 3.99. The topological polar surface area (TPSA) is 29.1 Å². The molecule has 0 aliphatic carbocycles. The van der Waals surface area contributed by atoms with E-state index in [9.17, 15) is 4.79 Å². The van der Waals surface area contributed by atoms with Crippen molar-refractivity contribution in [3.63, 3.8) is 0 Å². The largest absolute Gasteiger partial charge is 0.355 e. The Morgan fingerprint density at radius 1 is 1.50 bits per heavy atom. The molecule has 1 aromatic rings. The Labute approximate surface area is 80.5 Å². The average Bonchev–Trinajstić information content (AvgIpc) is 2.08. The van der Waals surface area contributed by atoms with Crippen LogP contribution in [0.4, 0.5) is 0 Å². The molecule has 4 heteroatoms. The normalized spacial score (nSPS) is 9.58. The fourth-order valence-corrected chi connectivity index (χ4v) is 0.986. The maximum absolute atomic E-state index is 11.0. The Morgan fingerprint density at radius 3 is 2.67 bits per heavy atom. The minimum absolute atomic E-state index is 0.228. The van der Waals surface area contributed by atoms with Gasteiger partial charge in [-0.15, -0.1) is 0 Å². The van der Waals surface area contributed by atoms with Crippen LogP contribution in [0.3, 0.4) is 0 Å². The monoisotopic (exact) mass is 202 g/mol. The van der Waals surface area contributed by atoms with E-state index in [1.54, 1.807) is 7.05 Å². The van der Waals surface area contributed by atoms with Gasteiger partial charge in [0, 0.05) is 12.6 Å². The maximum Gasteiger partial charge on any atom is 0.251 e. The molecule has 12 heavy (non-hydrogen) atoms. The van der Waals surface area contributed by atoms with E-state index in [2.05, 4.69) is 11.4 Å². The molecule has 1 amide bonds. The SMILES string of the molecule is CNC(=O)c1[c]cc(Cl)c(Cl)c1. The Balaban J connectivity index is 3.05. The standard InChI is InChI=1S/C8H6Cl2NO/c1-11-8(12)5-2-3-6(9)7(10)4-5/h3-4H,1H3,(H,11,12). The molecule has 1 N–H and O–H groups in total. The number of nitrogens with one attached hydrogen (secondary N) is 1. The highest BCUT2D eigenvalue weighted by Crippen LogP contribution is 2.21. The second-order valence-electron chi connectivity index (χ2n) is 2.12. The zero-order valence-electron chi connectivity index (χ0n) is 6.32. The second kappa shape index (κ2) is 3.78. The van der Waals surface area contributed by atoms with Crippen molar-refractivity contribution in [3.8, 4) is 0 Å². The number of rotatable bonds is 1. The molecular weight excluding hydrogens is 197 g/mol. The summed E-state index contributed by atoms with van der Waals surface area (Å²) in [5.41, 5.74) is 0.381. The molecule has 0 aromatic heterocycles. The van der Waals surface area contributed by atoms with Crippen LogP contribution in [-0.4, -0.2) is 13.0 Å². The van der Waals surface area contributed by atoms with Crippen molar-refractivity contribution >= 4 is 29.1 Å². The molecule has 0 fully saturated rings. The van der Waals surface area contributed by atoms with Gasteiger partial charge in [0.25, 0.3) is 5.91 Å². The van der Waals surface area contributed by atoms with Crippen LogP contribution in [0, 0.1) is 6.07 Å². The fourth-order valence-electron chi connectivity index (χ4n) is 0.713. The summed E-state index contributed by atoms with van der Waals surface area (Å²) in [5.74, 6) is -0.228. The Bertz CT molecular complexity index is 312. The fraction of sp³-hybridized carbons (Fsp3) is 0.125. The minimum Gasteiger partial charge on any atom is -0.355 e. The summed E-state index contributed by atoms with van der Waals surface area (Å²) in [4.78, 5) is 11.0. The molecule has 63 valence electrons. The summed E-state index contributed by atoms with van der Waals surface area (Å²) in [6.45, 7) is 0. The van der Waals surface area contributed by atoms with Crippen molar-refractivity contribution < 1.29 is 4.79 Å². The molecule has 2 nitrogen and oxygen atoms in total. The molecule has 1 radical (unpaired) electrons. The number of benzene rings is 1. The number of carbonyl (C=O) groups excluding carboxylic acids is 1. The predicted octanol–water partition coefficient (Wildman–Crippen LogP) is 2.15. The molecule has 1 rings (SSSR count). The highest BCUT2D eigenvalue weighted by atomic mass is 35.5. The van der Waals surface area contributed by atoms with Gasteiger partial charge in [-0.1, -0.05) is 23.2 Å². The summed E-state index contributed by atoms with van der Waals surface area (Å²) in [7, 11) is 1.54. The third kappa shape index (κ3) is 1.90. The molecule has 0 saturated carbocycles. The van der Waals surface area contributed by atoms with E-state index >= 15 is 0 Å². The quantitative estimate of drug-likeness (QED) is 0.744. The third-order valence-corrected chi connectivity index (χ3v) is 2.05. The van der Waals surface area contributed by atoms with Gasteiger partial charge in [0.1, 0.15) is 0 Å². The van der Waals surface area contributed by atoms with Crippen molar-refractivity contribution in [3.05, 3.63) is 33.8 Å². The summed E-state index contributed by atoms with van der Waals surface area (Å²) >= 11 is 11.3. The number of amides is 1. The highest BCUT2D eigenvalue weighted by molar-refractivity contribution is 6.42. The molecule has 0 saturated heterocycles. The number of hydrogen-bond donors (Lipinski definition) is 1. The Morgan fingerprint density at radius 2 is 2.17 bits per heavy atom. The summed E-state index contributed by atoms with van der Waals surface area (Å²) in [6, 6.07) is 5.64. The Hall–Kier alpha value is -0.730. The van der Waals surface area contributed by atoms with Gasteiger partial charge in [0.15, 0.2) is 0 Å². The zero-order chi connectivity index (χ0) is 9.14. The van der Waals surface area contributed by atoms with Gasteiger partial charge in [-0.2, -0.15) is 0 Å². The van der Waals surface area contributed by atoms with Crippen LogP contribution in [0.5, 0.6) is 0 Å². The van der Waals surface area contributed by atoms with Crippen molar-refractivity contribution in [2.45, 2.75) is 0 Å². The van der Waals surface area contributed by atoms with E-state index in [0.717, 1.165) is 0 Å². The lowest BCUT2D eigenvalue weighted by Crippen LogP contribution is -2.17. The second-order valence-corrected chi connectivity index (χ2v) is 2.94. The van der Waals surface area contributed by atoms with Crippen LogP contribution < -0.4 is 5.32 Å². The van der Waals surface area contributed by atoms with Crippen molar-refractivity contribution in [1.82, 2.24) is 5.32 Å². The van der Waals surface area contributed by atoms with E-state index in [4.69, 9.17) is 23.2 Å². The van der Waals surface area contributed by atoms with Gasteiger partial charge in [-0.25, -0.2) is 0 Å². The van der Waals surface area contributed by atoms with Crippen LogP contribution >= 0.6 is 23.2 Å². The lowest BCUT2D eigenvalue weighted by atomic mass is 10.2. The first-order chi connectivity index (χ1) is 5.65. The first-order valence-electron chi connectivity index (χ1n) is 3.24. The van der Waals surface area contributed by atoms with Gasteiger partial charge in [0.2, 0.25) is 0 Å². The number of carbonyl (C=O) groups is 1. The summed E-state index contributed by atoms with van der Waals surface area (Å²) in [6.07, 6.45) is 0. The molecule has 1 aromatic carbocycles. The van der Waals surface area contributed by atoms with Crippen molar-refractivity contribution in [1.29, 1.82) is 0 Å². The van der Waals surface area contributed by atoms with Crippen LogP contribution in [0.25, 0.3) is 0 Å². The first kappa shape index (κ1) is 9.36. The minimum atomic E-state index is -0.228. The molecule has 0 aliphatic heterocycles. The van der Waals surface area contributed by atoms with Gasteiger partial charge in [-0.05, 0) is 18.2 Å². The number of halogens is 2. The summed E-state index contributed by atoms with van der Waals surface area (Å²) < 4.78 is 0. The average molecular weight is 203 g/mol. The highest BCUT2D eigenvalue weighted by Gasteiger charge is 2.05. The van der Waals surface area contributed by atoms with E-state index in [-0.39, 0.29) is 5.91 Å².